The van der Waals surface area contributed by atoms with Gasteiger partial charge in [0.15, 0.2) is 5.78 Å². The maximum absolute atomic E-state index is 12.5. The van der Waals surface area contributed by atoms with Gasteiger partial charge in [0.05, 0.1) is 36.9 Å². The summed E-state index contributed by atoms with van der Waals surface area (Å²) in [6.45, 7) is 4.05. The van der Waals surface area contributed by atoms with Gasteiger partial charge in [-0.05, 0) is 30.0 Å². The number of nitriles is 1. The third-order valence-electron chi connectivity index (χ3n) is 4.80. The molecule has 2 aromatic rings. The van der Waals surface area contributed by atoms with Crippen LogP contribution in [0, 0.1) is 16.7 Å². The van der Waals surface area contributed by atoms with Crippen LogP contribution in [0.3, 0.4) is 0 Å². The number of ketones is 1. The van der Waals surface area contributed by atoms with Crippen LogP contribution in [0.1, 0.15) is 41.9 Å². The minimum atomic E-state index is -0.261. The minimum Gasteiger partial charge on any atom is -0.497 e. The number of amides is 1. The van der Waals surface area contributed by atoms with Crippen LogP contribution in [0.5, 0.6) is 11.5 Å². The van der Waals surface area contributed by atoms with Crippen molar-refractivity contribution < 1.29 is 19.1 Å². The molecule has 156 valence electrons. The van der Waals surface area contributed by atoms with E-state index < -0.39 is 0 Å². The number of nitrogens with one attached hydrogen (secondary N) is 1. The van der Waals surface area contributed by atoms with Gasteiger partial charge >= 0.3 is 0 Å². The highest BCUT2D eigenvalue weighted by molar-refractivity contribution is 8.00. The number of aromatic nitrogens is 1. The van der Waals surface area contributed by atoms with Crippen molar-refractivity contribution in [2.45, 2.75) is 31.7 Å². The van der Waals surface area contributed by atoms with Crippen LogP contribution < -0.4 is 14.8 Å². The smallest absolute Gasteiger partial charge is 0.234 e. The highest BCUT2D eigenvalue weighted by Gasteiger charge is 2.33. The zero-order valence-electron chi connectivity index (χ0n) is 17.4. The lowest BCUT2D eigenvalue weighted by atomic mass is 9.75. The molecule has 8 heteroatoms. The van der Waals surface area contributed by atoms with E-state index in [0.717, 1.165) is 0 Å². The van der Waals surface area contributed by atoms with E-state index in [1.807, 2.05) is 13.8 Å². The molecule has 0 unspecified atom stereocenters. The molecule has 0 bridgehead atoms. The summed E-state index contributed by atoms with van der Waals surface area (Å²) in [7, 11) is 3.06. The molecule has 1 N–H and O–H groups in total. The molecule has 7 nitrogen and oxygen atoms in total. The van der Waals surface area contributed by atoms with Crippen molar-refractivity contribution in [2.75, 3.05) is 25.3 Å². The summed E-state index contributed by atoms with van der Waals surface area (Å²) in [4.78, 5) is 29.4. The fourth-order valence-corrected chi connectivity index (χ4v) is 4.14. The van der Waals surface area contributed by atoms with Crippen LogP contribution in [0.25, 0.3) is 0 Å². The summed E-state index contributed by atoms with van der Waals surface area (Å²) >= 11 is 1.17. The Bertz CT molecular complexity index is 1040. The van der Waals surface area contributed by atoms with E-state index in [1.54, 1.807) is 31.4 Å². The molecule has 0 atom stereocenters. The van der Waals surface area contributed by atoms with E-state index in [4.69, 9.17) is 9.47 Å². The number of rotatable bonds is 6. The lowest BCUT2D eigenvalue weighted by molar-refractivity contribution is -0.113. The van der Waals surface area contributed by atoms with Gasteiger partial charge in [-0.3, -0.25) is 9.59 Å². The number of fused-ring (bicyclic) bond motifs is 1. The Morgan fingerprint density at radius 1 is 1.27 bits per heavy atom. The highest BCUT2D eigenvalue weighted by atomic mass is 32.2. The molecule has 0 fully saturated rings. The Morgan fingerprint density at radius 3 is 2.70 bits per heavy atom. The predicted octanol–water partition coefficient (Wildman–Crippen LogP) is 3.86. The molecule has 30 heavy (non-hydrogen) atoms. The van der Waals surface area contributed by atoms with Gasteiger partial charge in [0, 0.05) is 18.1 Å². The van der Waals surface area contributed by atoms with Crippen LogP contribution in [-0.4, -0.2) is 36.6 Å². The van der Waals surface area contributed by atoms with Gasteiger partial charge in [0.2, 0.25) is 5.91 Å². The van der Waals surface area contributed by atoms with Crippen molar-refractivity contribution in [1.82, 2.24) is 4.98 Å². The van der Waals surface area contributed by atoms with Crippen molar-refractivity contribution in [3.05, 3.63) is 41.1 Å². The van der Waals surface area contributed by atoms with E-state index in [0.29, 0.717) is 51.9 Å². The molecule has 1 aromatic heterocycles. The van der Waals surface area contributed by atoms with Crippen molar-refractivity contribution in [2.24, 2.45) is 5.41 Å². The van der Waals surface area contributed by atoms with Crippen LogP contribution in [-0.2, 0) is 11.2 Å². The monoisotopic (exact) mass is 425 g/mol. The van der Waals surface area contributed by atoms with Crippen LogP contribution in [0.4, 0.5) is 5.69 Å². The third kappa shape index (κ3) is 4.74. The molecular formula is C22H23N3O4S. The second kappa shape index (κ2) is 8.76. The molecule has 0 saturated heterocycles. The number of hydrogen-bond acceptors (Lipinski definition) is 7. The lowest BCUT2D eigenvalue weighted by Crippen LogP contribution is -2.28. The number of carbonyl (C=O) groups is 2. The zero-order chi connectivity index (χ0) is 21.9. The normalized spacial score (nSPS) is 14.4. The molecule has 0 spiro atoms. The summed E-state index contributed by atoms with van der Waals surface area (Å²) in [5.41, 5.74) is 1.87. The molecule has 0 radical (unpaired) electrons. The van der Waals surface area contributed by atoms with E-state index in [1.165, 1.54) is 18.9 Å². The average Bonchev–Trinajstić information content (AvgIpc) is 2.71. The molecule has 3 rings (SSSR count). The summed E-state index contributed by atoms with van der Waals surface area (Å²) < 4.78 is 10.4. The largest absolute Gasteiger partial charge is 0.497 e. The number of anilines is 1. The van der Waals surface area contributed by atoms with Crippen molar-refractivity contribution in [1.29, 1.82) is 5.26 Å². The molecule has 1 heterocycles. The van der Waals surface area contributed by atoms with Gasteiger partial charge in [-0.1, -0.05) is 25.6 Å². The number of pyridine rings is 1. The quantitative estimate of drug-likeness (QED) is 0.701. The SMILES string of the molecule is COc1ccc(NC(=O)CSc2nc3c(cc2C#N)C(=O)CC(C)(C)C3)c(OC)c1. The number of nitrogens with zero attached hydrogens (tertiary/aromatic N) is 2. The van der Waals surface area contributed by atoms with Gasteiger partial charge < -0.3 is 14.8 Å². The molecule has 1 aliphatic carbocycles. The first kappa shape index (κ1) is 21.7. The van der Waals surface area contributed by atoms with Crippen LogP contribution in [0.2, 0.25) is 0 Å². The van der Waals surface area contributed by atoms with E-state index in [2.05, 4.69) is 16.4 Å². The maximum Gasteiger partial charge on any atom is 0.234 e. The zero-order valence-corrected chi connectivity index (χ0v) is 18.2. The Balaban J connectivity index is 1.75. The van der Waals surface area contributed by atoms with Gasteiger partial charge in [-0.25, -0.2) is 4.98 Å². The van der Waals surface area contributed by atoms with E-state index >= 15 is 0 Å². The first-order valence-corrected chi connectivity index (χ1v) is 10.4. The topological polar surface area (TPSA) is 101 Å². The first-order valence-electron chi connectivity index (χ1n) is 9.38. The molecule has 1 aliphatic rings. The summed E-state index contributed by atoms with van der Waals surface area (Å²) in [5.74, 6) is 0.911. The number of benzene rings is 1. The molecular weight excluding hydrogens is 402 g/mol. The second-order valence-electron chi connectivity index (χ2n) is 7.79. The predicted molar refractivity (Wildman–Crippen MR) is 114 cm³/mol. The average molecular weight is 426 g/mol. The van der Waals surface area contributed by atoms with Gasteiger partial charge in [-0.15, -0.1) is 0 Å². The standard InChI is InChI=1S/C22H23N3O4S/c1-22(2)9-17-15(18(26)10-22)7-13(11-23)21(25-17)30-12-20(27)24-16-6-5-14(28-3)8-19(16)29-4/h5-8H,9-10,12H2,1-4H3,(H,24,27). The number of ether oxygens (including phenoxy) is 2. The number of hydrogen-bond donors (Lipinski definition) is 1. The number of methoxy groups -OCH3 is 2. The van der Waals surface area contributed by atoms with Crippen molar-refractivity contribution in [3.63, 3.8) is 0 Å². The Kier molecular flexibility index (Phi) is 6.32. The number of Topliss-reactive ketones (excluding diaryl/α,β-unsaturated/α-hetero) is 1. The molecule has 0 saturated carbocycles. The van der Waals surface area contributed by atoms with Crippen molar-refractivity contribution in [3.8, 4) is 17.6 Å². The Hall–Kier alpha value is -3.05. The van der Waals surface area contributed by atoms with E-state index in [-0.39, 0.29) is 22.9 Å². The van der Waals surface area contributed by atoms with Crippen LogP contribution in [0.15, 0.2) is 29.3 Å². The Labute approximate surface area is 179 Å². The summed E-state index contributed by atoms with van der Waals surface area (Å²) in [6, 6.07) is 8.80. The van der Waals surface area contributed by atoms with Gasteiger partial charge in [0.25, 0.3) is 0 Å². The van der Waals surface area contributed by atoms with Gasteiger partial charge in [-0.2, -0.15) is 5.26 Å². The van der Waals surface area contributed by atoms with E-state index in [9.17, 15) is 14.9 Å². The first-order chi connectivity index (χ1) is 14.3. The maximum atomic E-state index is 12.5. The number of thioether (sulfide) groups is 1. The molecule has 0 aliphatic heterocycles. The third-order valence-corrected chi connectivity index (χ3v) is 5.79. The Morgan fingerprint density at radius 2 is 2.03 bits per heavy atom. The highest BCUT2D eigenvalue weighted by Crippen LogP contribution is 2.36. The minimum absolute atomic E-state index is 0.00569. The fourth-order valence-electron chi connectivity index (χ4n) is 3.37. The summed E-state index contributed by atoms with van der Waals surface area (Å²) in [5, 5.41) is 12.7. The molecule has 1 aromatic carbocycles. The lowest BCUT2D eigenvalue weighted by Gasteiger charge is -2.29. The van der Waals surface area contributed by atoms with Gasteiger partial charge in [0.1, 0.15) is 22.6 Å². The van der Waals surface area contributed by atoms with Crippen molar-refractivity contribution >= 4 is 29.1 Å². The summed E-state index contributed by atoms with van der Waals surface area (Å²) in [6.07, 6.45) is 1.09. The molecule has 1 amide bonds. The number of carbonyl (C=O) groups excluding carboxylic acids is 2. The van der Waals surface area contributed by atoms with Crippen LogP contribution >= 0.6 is 11.8 Å². The second-order valence-corrected chi connectivity index (χ2v) is 8.76. The fraction of sp³-hybridized carbons (Fsp3) is 0.364.